The zero-order chi connectivity index (χ0) is 22.8. The monoisotopic (exact) mass is 434 g/mol. The fraction of sp³-hybridized carbons (Fsp3) is 0.704. The molecule has 4 nitrogen and oxygen atoms in total. The number of hydrogen-bond donors (Lipinski definition) is 0. The molecule has 0 saturated heterocycles. The van der Waals surface area contributed by atoms with Gasteiger partial charge in [-0.3, -0.25) is 0 Å². The van der Waals surface area contributed by atoms with Crippen LogP contribution in [0.1, 0.15) is 60.3 Å². The van der Waals surface area contributed by atoms with Gasteiger partial charge >= 0.3 is 0 Å². The van der Waals surface area contributed by atoms with Gasteiger partial charge in [0, 0.05) is 6.42 Å². The van der Waals surface area contributed by atoms with Crippen LogP contribution in [-0.2, 0) is 4.74 Å². The van der Waals surface area contributed by atoms with Crippen molar-refractivity contribution in [2.24, 2.45) is 0 Å². The third-order valence-electron chi connectivity index (χ3n) is 6.92. The van der Waals surface area contributed by atoms with Crippen LogP contribution in [0.25, 0.3) is 0 Å². The number of ether oxygens (including phenoxy) is 2. The number of unbranched alkanes of at least 4 members (excludes halogenated alkanes) is 1. The van der Waals surface area contributed by atoms with E-state index >= 15 is 0 Å². The maximum absolute atomic E-state index is 6.05. The van der Waals surface area contributed by atoms with Crippen LogP contribution in [0.4, 0.5) is 0 Å². The molecule has 0 aromatic heterocycles. The number of benzene rings is 1. The van der Waals surface area contributed by atoms with Gasteiger partial charge in [0.2, 0.25) is 0 Å². The molecule has 0 heterocycles. The van der Waals surface area contributed by atoms with E-state index in [4.69, 9.17) is 9.47 Å². The molecule has 0 amide bonds. The Kier molecular flexibility index (Phi) is 14.3. The molecule has 0 spiro atoms. The molecular formula is C27H50N2O2+2. The summed E-state index contributed by atoms with van der Waals surface area (Å²) in [5.41, 5.74) is 0. The van der Waals surface area contributed by atoms with Gasteiger partial charge in [-0.25, -0.2) is 0 Å². The fourth-order valence-corrected chi connectivity index (χ4v) is 4.46. The number of hydrogen-bond acceptors (Lipinski definition) is 2. The Morgan fingerprint density at radius 1 is 0.710 bits per heavy atom. The molecule has 0 aliphatic rings. The third-order valence-corrected chi connectivity index (χ3v) is 6.92. The third kappa shape index (κ3) is 10.6. The molecule has 1 rings (SSSR count). The van der Waals surface area contributed by atoms with Gasteiger partial charge in [0.05, 0.1) is 45.5 Å². The number of likely N-dealkylation sites (N-methyl/N-ethyl adjacent to an activating group) is 1. The van der Waals surface area contributed by atoms with E-state index in [1.54, 1.807) is 0 Å². The standard InChI is InChI=1S/C27H50N2O2/c1-6-11-20-29(19-7-2,23-26-31-27-17-13-12-14-18-27)21-15-16-24-30-25-22-28(8-3,9-4)10-5/h12-14,16-18,24H,6-11,15,19-23,25-26H2,1-5H3/q+2/b24-16+. The Morgan fingerprint density at radius 3 is 2.00 bits per heavy atom. The van der Waals surface area contributed by atoms with Crippen molar-refractivity contribution in [2.45, 2.75) is 60.3 Å². The SMILES string of the molecule is CCCC[N+](CCC)(CC/C=C/OCC[N+](CC)(CC)CC)CCOc1ccccc1. The van der Waals surface area contributed by atoms with Gasteiger partial charge in [0.1, 0.15) is 32.1 Å². The molecule has 31 heavy (non-hydrogen) atoms. The minimum atomic E-state index is 0.777. The second-order valence-corrected chi connectivity index (χ2v) is 8.80. The molecule has 0 N–H and O–H groups in total. The van der Waals surface area contributed by atoms with Crippen molar-refractivity contribution in [3.8, 4) is 5.75 Å². The van der Waals surface area contributed by atoms with E-state index in [-0.39, 0.29) is 0 Å². The number of rotatable bonds is 19. The van der Waals surface area contributed by atoms with Crippen molar-refractivity contribution in [1.29, 1.82) is 0 Å². The quantitative estimate of drug-likeness (QED) is 0.154. The lowest BCUT2D eigenvalue weighted by Crippen LogP contribution is -2.52. The zero-order valence-corrected chi connectivity index (χ0v) is 21.2. The Balaban J connectivity index is 2.52. The first-order chi connectivity index (χ1) is 15.1. The van der Waals surface area contributed by atoms with Crippen LogP contribution in [0.15, 0.2) is 42.7 Å². The van der Waals surface area contributed by atoms with E-state index in [2.05, 4.69) is 40.7 Å². The summed E-state index contributed by atoms with van der Waals surface area (Å²) in [6.07, 6.45) is 8.96. The first-order valence-corrected chi connectivity index (χ1v) is 12.7. The molecule has 1 aromatic carbocycles. The molecule has 1 atom stereocenters. The summed E-state index contributed by atoms with van der Waals surface area (Å²) >= 11 is 0. The van der Waals surface area contributed by atoms with Gasteiger partial charge in [-0.2, -0.15) is 0 Å². The van der Waals surface area contributed by atoms with Gasteiger partial charge in [-0.1, -0.05) is 38.5 Å². The predicted octanol–water partition coefficient (Wildman–Crippen LogP) is 5.89. The minimum absolute atomic E-state index is 0.777. The first-order valence-electron chi connectivity index (χ1n) is 12.7. The van der Waals surface area contributed by atoms with Crippen molar-refractivity contribution in [2.75, 3.05) is 65.6 Å². The van der Waals surface area contributed by atoms with E-state index in [0.29, 0.717) is 0 Å². The lowest BCUT2D eigenvalue weighted by molar-refractivity contribution is -0.928. The number of quaternary nitrogens is 2. The lowest BCUT2D eigenvalue weighted by atomic mass is 10.2. The van der Waals surface area contributed by atoms with Crippen molar-refractivity contribution < 1.29 is 18.4 Å². The second-order valence-electron chi connectivity index (χ2n) is 8.80. The summed E-state index contributed by atoms with van der Waals surface area (Å²) in [5.74, 6) is 0.974. The van der Waals surface area contributed by atoms with E-state index in [1.165, 1.54) is 52.0 Å². The van der Waals surface area contributed by atoms with Crippen molar-refractivity contribution in [3.63, 3.8) is 0 Å². The number of para-hydroxylation sites is 1. The summed E-state index contributed by atoms with van der Waals surface area (Å²) < 4.78 is 14.2. The summed E-state index contributed by atoms with van der Waals surface area (Å²) in [7, 11) is 0. The van der Waals surface area contributed by atoms with Crippen LogP contribution in [0.5, 0.6) is 5.75 Å². The normalized spacial score (nSPS) is 14.0. The average molecular weight is 435 g/mol. The highest BCUT2D eigenvalue weighted by Gasteiger charge is 2.25. The summed E-state index contributed by atoms with van der Waals surface area (Å²) in [5, 5.41) is 0. The van der Waals surface area contributed by atoms with Gasteiger partial charge in [0.15, 0.2) is 0 Å². The molecule has 0 radical (unpaired) electrons. The van der Waals surface area contributed by atoms with Crippen molar-refractivity contribution in [1.82, 2.24) is 0 Å². The highest BCUT2D eigenvalue weighted by Crippen LogP contribution is 2.15. The van der Waals surface area contributed by atoms with Crippen LogP contribution >= 0.6 is 0 Å². The van der Waals surface area contributed by atoms with Crippen LogP contribution in [0, 0.1) is 0 Å². The molecule has 1 unspecified atom stereocenters. The van der Waals surface area contributed by atoms with Crippen molar-refractivity contribution in [3.05, 3.63) is 42.7 Å². The van der Waals surface area contributed by atoms with E-state index in [0.717, 1.165) is 54.0 Å². The topological polar surface area (TPSA) is 18.5 Å². The lowest BCUT2D eigenvalue weighted by Gasteiger charge is -2.38. The Bertz CT molecular complexity index is 564. The highest BCUT2D eigenvalue weighted by atomic mass is 16.5. The van der Waals surface area contributed by atoms with Gasteiger partial charge in [0.25, 0.3) is 0 Å². The molecule has 0 saturated carbocycles. The second kappa shape index (κ2) is 16.2. The van der Waals surface area contributed by atoms with E-state index in [9.17, 15) is 0 Å². The van der Waals surface area contributed by atoms with Crippen LogP contribution < -0.4 is 4.74 Å². The Labute approximate surface area is 193 Å². The minimum Gasteiger partial charge on any atom is -0.496 e. The van der Waals surface area contributed by atoms with E-state index < -0.39 is 0 Å². The fourth-order valence-electron chi connectivity index (χ4n) is 4.46. The molecule has 0 fully saturated rings. The summed E-state index contributed by atoms with van der Waals surface area (Å²) in [4.78, 5) is 0. The average Bonchev–Trinajstić information content (AvgIpc) is 2.81. The summed E-state index contributed by atoms with van der Waals surface area (Å²) in [6.45, 7) is 22.3. The molecular weight excluding hydrogens is 384 g/mol. The molecule has 0 bridgehead atoms. The largest absolute Gasteiger partial charge is 0.496 e. The maximum atomic E-state index is 6.05. The van der Waals surface area contributed by atoms with E-state index in [1.807, 2.05) is 36.6 Å². The molecule has 4 heteroatoms. The molecule has 1 aromatic rings. The molecule has 0 aliphatic heterocycles. The number of nitrogens with zero attached hydrogens (tertiary/aromatic N) is 2. The van der Waals surface area contributed by atoms with Gasteiger partial charge < -0.3 is 18.4 Å². The predicted molar refractivity (Wildman–Crippen MR) is 133 cm³/mol. The summed E-state index contributed by atoms with van der Waals surface area (Å²) in [6, 6.07) is 10.2. The first kappa shape index (κ1) is 27.5. The highest BCUT2D eigenvalue weighted by molar-refractivity contribution is 5.20. The zero-order valence-electron chi connectivity index (χ0n) is 21.2. The smallest absolute Gasteiger partial charge is 0.137 e. The maximum Gasteiger partial charge on any atom is 0.137 e. The van der Waals surface area contributed by atoms with Crippen LogP contribution in [0.3, 0.4) is 0 Å². The van der Waals surface area contributed by atoms with Crippen LogP contribution in [-0.4, -0.2) is 74.5 Å². The van der Waals surface area contributed by atoms with Gasteiger partial charge in [-0.05, 0) is 51.8 Å². The molecule has 178 valence electrons. The molecule has 0 aliphatic carbocycles. The van der Waals surface area contributed by atoms with Crippen LogP contribution in [0.2, 0.25) is 0 Å². The Hall–Kier alpha value is -1.52. The van der Waals surface area contributed by atoms with Gasteiger partial charge in [-0.15, -0.1) is 0 Å². The Morgan fingerprint density at radius 2 is 1.39 bits per heavy atom. The van der Waals surface area contributed by atoms with Crippen molar-refractivity contribution >= 4 is 0 Å².